The molecule has 0 saturated carbocycles. The Bertz CT molecular complexity index is 807. The first-order valence-corrected chi connectivity index (χ1v) is 10.0. The van der Waals surface area contributed by atoms with Crippen molar-refractivity contribution in [3.63, 3.8) is 0 Å². The van der Waals surface area contributed by atoms with Crippen LogP contribution in [0.1, 0.15) is 47.0 Å². The first-order chi connectivity index (χ1) is 13.1. The first kappa shape index (κ1) is 18.4. The van der Waals surface area contributed by atoms with Crippen LogP contribution in [0, 0.1) is 6.92 Å². The molecule has 1 atom stereocenters. The van der Waals surface area contributed by atoms with E-state index in [-0.39, 0.29) is 0 Å². The molecule has 144 valence electrons. The fourth-order valence-corrected chi connectivity index (χ4v) is 4.30. The van der Waals surface area contributed by atoms with Gasteiger partial charge in [0.2, 0.25) is 0 Å². The summed E-state index contributed by atoms with van der Waals surface area (Å²) in [6.07, 6.45) is 5.48. The van der Waals surface area contributed by atoms with E-state index < -0.39 is 0 Å². The second kappa shape index (κ2) is 7.95. The van der Waals surface area contributed by atoms with E-state index >= 15 is 0 Å². The summed E-state index contributed by atoms with van der Waals surface area (Å²) in [6.45, 7) is 7.25. The van der Waals surface area contributed by atoms with E-state index in [9.17, 15) is 0 Å². The zero-order chi connectivity index (χ0) is 18.8. The van der Waals surface area contributed by atoms with Crippen LogP contribution in [-0.4, -0.2) is 53.6 Å². The molecule has 1 aromatic heterocycles. The maximum atomic E-state index is 5.59. The zero-order valence-electron chi connectivity index (χ0n) is 16.7. The molecule has 5 heteroatoms. The lowest BCUT2D eigenvalue weighted by Crippen LogP contribution is -2.35. The van der Waals surface area contributed by atoms with Gasteiger partial charge in [0, 0.05) is 61.5 Å². The molecule has 27 heavy (non-hydrogen) atoms. The molecule has 2 aliphatic rings. The normalized spacial score (nSPS) is 21.1. The molecule has 0 aliphatic carbocycles. The zero-order valence-corrected chi connectivity index (χ0v) is 16.7. The Hall–Kier alpha value is -1.98. The highest BCUT2D eigenvalue weighted by Crippen LogP contribution is 2.29. The van der Waals surface area contributed by atoms with Crippen molar-refractivity contribution in [2.24, 2.45) is 0 Å². The predicted molar refractivity (Wildman–Crippen MR) is 107 cm³/mol. The average molecular weight is 367 g/mol. The Morgan fingerprint density at radius 2 is 2.15 bits per heavy atom. The van der Waals surface area contributed by atoms with Crippen LogP contribution in [0.2, 0.25) is 0 Å². The van der Waals surface area contributed by atoms with Crippen molar-refractivity contribution in [1.29, 1.82) is 0 Å². The van der Waals surface area contributed by atoms with Gasteiger partial charge in [-0.25, -0.2) is 9.97 Å². The minimum atomic E-state index is 0.431. The van der Waals surface area contributed by atoms with Crippen molar-refractivity contribution in [1.82, 2.24) is 19.8 Å². The van der Waals surface area contributed by atoms with Crippen LogP contribution in [0.4, 0.5) is 0 Å². The molecule has 0 spiro atoms. The highest BCUT2D eigenvalue weighted by molar-refractivity contribution is 5.37. The number of ether oxygens (including phenoxy) is 1. The molecule has 0 bridgehead atoms. The maximum absolute atomic E-state index is 5.59. The number of fused-ring (bicyclic) bond motifs is 1. The number of aryl methyl sites for hydroxylation is 1. The quantitative estimate of drug-likeness (QED) is 0.831. The van der Waals surface area contributed by atoms with Gasteiger partial charge < -0.3 is 9.64 Å². The highest BCUT2D eigenvalue weighted by atomic mass is 16.5. The second-order valence-electron chi connectivity index (χ2n) is 8.08. The largest absolute Gasteiger partial charge is 0.496 e. The monoisotopic (exact) mass is 366 g/mol. The van der Waals surface area contributed by atoms with Gasteiger partial charge in [-0.3, -0.25) is 4.90 Å². The average Bonchev–Trinajstić information content (AvgIpc) is 2.69. The van der Waals surface area contributed by atoms with Gasteiger partial charge in [0.25, 0.3) is 0 Å². The van der Waals surface area contributed by atoms with Crippen molar-refractivity contribution in [2.75, 3.05) is 33.8 Å². The summed E-state index contributed by atoms with van der Waals surface area (Å²) in [7, 11) is 3.92. The molecule has 0 N–H and O–H groups in total. The molecule has 1 saturated heterocycles. The molecule has 4 rings (SSSR count). The number of likely N-dealkylation sites (tertiary alicyclic amines) is 1. The third-order valence-corrected chi connectivity index (χ3v) is 5.85. The lowest BCUT2D eigenvalue weighted by atomic mass is 9.96. The predicted octanol–water partition coefficient (Wildman–Crippen LogP) is 3.16. The molecule has 5 nitrogen and oxygen atoms in total. The van der Waals surface area contributed by atoms with Gasteiger partial charge in [0.05, 0.1) is 7.11 Å². The first-order valence-electron chi connectivity index (χ1n) is 10.0. The van der Waals surface area contributed by atoms with Crippen LogP contribution in [0.25, 0.3) is 0 Å². The SMILES string of the molecule is COc1cc(C)ccc1CN1CCCC(c2ncc3c(n2)CCN(C)C3)C1. The number of aromatic nitrogens is 2. The van der Waals surface area contributed by atoms with Crippen molar-refractivity contribution in [3.8, 4) is 5.75 Å². The molecule has 1 unspecified atom stereocenters. The van der Waals surface area contributed by atoms with Crippen molar-refractivity contribution in [2.45, 2.75) is 45.2 Å². The van der Waals surface area contributed by atoms with Gasteiger partial charge in [0.1, 0.15) is 11.6 Å². The van der Waals surface area contributed by atoms with Crippen LogP contribution < -0.4 is 4.74 Å². The van der Waals surface area contributed by atoms with Crippen molar-refractivity contribution in [3.05, 3.63) is 52.6 Å². The summed E-state index contributed by atoms with van der Waals surface area (Å²) < 4.78 is 5.59. The number of hydrogen-bond acceptors (Lipinski definition) is 5. The third-order valence-electron chi connectivity index (χ3n) is 5.85. The number of hydrogen-bond donors (Lipinski definition) is 0. The summed E-state index contributed by atoms with van der Waals surface area (Å²) in [5.41, 5.74) is 5.05. The van der Waals surface area contributed by atoms with Crippen LogP contribution in [0.3, 0.4) is 0 Å². The fourth-order valence-electron chi connectivity index (χ4n) is 4.30. The van der Waals surface area contributed by atoms with E-state index in [1.165, 1.54) is 35.2 Å². The topological polar surface area (TPSA) is 41.5 Å². The minimum absolute atomic E-state index is 0.431. The van der Waals surface area contributed by atoms with Crippen LogP contribution in [0.15, 0.2) is 24.4 Å². The Labute approximate surface area is 162 Å². The molecule has 1 fully saturated rings. The van der Waals surface area contributed by atoms with E-state index in [0.29, 0.717) is 5.92 Å². The number of piperidine rings is 1. The van der Waals surface area contributed by atoms with E-state index in [1.54, 1.807) is 7.11 Å². The van der Waals surface area contributed by atoms with Crippen LogP contribution in [0.5, 0.6) is 5.75 Å². The van der Waals surface area contributed by atoms with E-state index in [4.69, 9.17) is 14.7 Å². The lowest BCUT2D eigenvalue weighted by molar-refractivity contribution is 0.194. The van der Waals surface area contributed by atoms with Gasteiger partial charge in [-0.05, 0) is 45.0 Å². The smallest absolute Gasteiger partial charge is 0.132 e. The molecule has 3 heterocycles. The van der Waals surface area contributed by atoms with E-state index in [1.807, 2.05) is 0 Å². The van der Waals surface area contributed by atoms with Crippen LogP contribution >= 0.6 is 0 Å². The fraction of sp³-hybridized carbons (Fsp3) is 0.545. The van der Waals surface area contributed by atoms with Crippen molar-refractivity contribution >= 4 is 0 Å². The molecule has 1 aromatic carbocycles. The molecule has 0 amide bonds. The third kappa shape index (κ3) is 4.14. The summed E-state index contributed by atoms with van der Waals surface area (Å²) in [5, 5.41) is 0. The van der Waals surface area contributed by atoms with Gasteiger partial charge in [0.15, 0.2) is 0 Å². The maximum Gasteiger partial charge on any atom is 0.132 e. The van der Waals surface area contributed by atoms with Crippen molar-refractivity contribution < 1.29 is 4.74 Å². The Morgan fingerprint density at radius 1 is 1.26 bits per heavy atom. The second-order valence-corrected chi connectivity index (χ2v) is 8.08. The van der Waals surface area contributed by atoms with Gasteiger partial charge in [-0.2, -0.15) is 0 Å². The Balaban J connectivity index is 1.47. The number of nitrogens with zero attached hydrogens (tertiary/aromatic N) is 4. The standard InChI is InChI=1S/C22H30N4O/c1-16-6-7-17(21(11-16)27-3)14-26-9-4-5-18(15-26)22-23-12-19-13-25(2)10-8-20(19)24-22/h6-7,11-12,18H,4-5,8-10,13-15H2,1-3H3. The lowest BCUT2D eigenvalue weighted by Gasteiger charge is -2.33. The van der Waals surface area contributed by atoms with E-state index in [0.717, 1.165) is 50.7 Å². The summed E-state index contributed by atoms with van der Waals surface area (Å²) in [4.78, 5) is 14.6. The summed E-state index contributed by atoms with van der Waals surface area (Å²) >= 11 is 0. The Morgan fingerprint density at radius 3 is 3.00 bits per heavy atom. The van der Waals surface area contributed by atoms with Gasteiger partial charge in [-0.1, -0.05) is 12.1 Å². The number of benzene rings is 1. The van der Waals surface area contributed by atoms with Crippen LogP contribution in [-0.2, 0) is 19.5 Å². The van der Waals surface area contributed by atoms with Gasteiger partial charge >= 0.3 is 0 Å². The number of methoxy groups -OCH3 is 1. The highest BCUT2D eigenvalue weighted by Gasteiger charge is 2.25. The minimum Gasteiger partial charge on any atom is -0.496 e. The number of likely N-dealkylation sites (N-methyl/N-ethyl adjacent to an activating group) is 1. The van der Waals surface area contributed by atoms with E-state index in [2.05, 4.69) is 48.2 Å². The molecular weight excluding hydrogens is 336 g/mol. The Kier molecular flexibility index (Phi) is 5.41. The molecule has 2 aromatic rings. The molecule has 2 aliphatic heterocycles. The summed E-state index contributed by atoms with van der Waals surface area (Å²) in [5.74, 6) is 2.46. The number of rotatable bonds is 4. The van der Waals surface area contributed by atoms with Gasteiger partial charge in [-0.15, -0.1) is 0 Å². The summed E-state index contributed by atoms with van der Waals surface area (Å²) in [6, 6.07) is 6.49. The molecule has 0 radical (unpaired) electrons. The molecular formula is C22H30N4O.